The molecule has 1 unspecified atom stereocenters. The molecule has 0 aromatic carbocycles. The Morgan fingerprint density at radius 1 is 1.44 bits per heavy atom. The van der Waals surface area contributed by atoms with Gasteiger partial charge in [-0.25, -0.2) is 4.98 Å². The fraction of sp³-hybridized carbons (Fsp3) is 0.583. The lowest BCUT2D eigenvalue weighted by Gasteiger charge is -2.17. The topological polar surface area (TPSA) is 66.5 Å². The van der Waals surface area contributed by atoms with Crippen molar-refractivity contribution in [2.24, 2.45) is 5.92 Å². The minimum absolute atomic E-state index is 0.264. The Labute approximate surface area is 105 Å². The largest absolute Gasteiger partial charge is 0.396 e. The molecule has 0 spiro atoms. The van der Waals surface area contributed by atoms with Crippen LogP contribution in [0, 0.1) is 12.8 Å². The van der Waals surface area contributed by atoms with E-state index in [1.807, 2.05) is 17.5 Å². The summed E-state index contributed by atoms with van der Waals surface area (Å²) in [6, 6.07) is 0. The lowest BCUT2D eigenvalue weighted by atomic mass is 10.1. The van der Waals surface area contributed by atoms with Crippen LogP contribution in [0.1, 0.15) is 18.7 Å². The molecule has 1 atom stereocenters. The Morgan fingerprint density at radius 2 is 2.33 bits per heavy atom. The maximum atomic E-state index is 9.00. The first-order valence-corrected chi connectivity index (χ1v) is 6.31. The fourth-order valence-corrected chi connectivity index (χ4v) is 2.59. The first kappa shape index (κ1) is 11.4. The summed E-state index contributed by atoms with van der Waals surface area (Å²) in [4.78, 5) is 6.68. The highest BCUT2D eigenvalue weighted by Crippen LogP contribution is 2.26. The minimum Gasteiger partial charge on any atom is -0.396 e. The lowest BCUT2D eigenvalue weighted by molar-refractivity contribution is 0.263. The monoisotopic (exact) mass is 247 g/mol. The van der Waals surface area contributed by atoms with Gasteiger partial charge in [-0.2, -0.15) is 0 Å². The molecule has 1 N–H and O–H groups in total. The van der Waals surface area contributed by atoms with E-state index in [2.05, 4.69) is 20.1 Å². The molecular weight excluding hydrogens is 230 g/mol. The SMILES string of the molecule is Cc1nnc2c(N3CCC(CCO)C3)nccn12. The Morgan fingerprint density at radius 3 is 3.17 bits per heavy atom. The molecule has 1 aliphatic rings. The summed E-state index contributed by atoms with van der Waals surface area (Å²) < 4.78 is 1.96. The van der Waals surface area contributed by atoms with Gasteiger partial charge in [-0.05, 0) is 25.7 Å². The van der Waals surface area contributed by atoms with Gasteiger partial charge in [0.2, 0.25) is 5.65 Å². The average molecular weight is 247 g/mol. The van der Waals surface area contributed by atoms with Crippen molar-refractivity contribution in [2.45, 2.75) is 19.8 Å². The number of hydrogen-bond donors (Lipinski definition) is 1. The van der Waals surface area contributed by atoms with E-state index in [4.69, 9.17) is 5.11 Å². The molecule has 6 heteroatoms. The molecule has 1 fully saturated rings. The van der Waals surface area contributed by atoms with Gasteiger partial charge in [0.05, 0.1) is 0 Å². The van der Waals surface area contributed by atoms with E-state index < -0.39 is 0 Å². The summed E-state index contributed by atoms with van der Waals surface area (Å²) >= 11 is 0. The van der Waals surface area contributed by atoms with Crippen LogP contribution >= 0.6 is 0 Å². The molecule has 0 amide bonds. The van der Waals surface area contributed by atoms with Crippen molar-refractivity contribution < 1.29 is 5.11 Å². The van der Waals surface area contributed by atoms with Crippen molar-refractivity contribution in [3.8, 4) is 0 Å². The summed E-state index contributed by atoms with van der Waals surface area (Å²) in [5, 5.41) is 17.3. The smallest absolute Gasteiger partial charge is 0.203 e. The lowest BCUT2D eigenvalue weighted by Crippen LogP contribution is -2.22. The van der Waals surface area contributed by atoms with E-state index >= 15 is 0 Å². The van der Waals surface area contributed by atoms with E-state index in [1.54, 1.807) is 6.20 Å². The zero-order valence-electron chi connectivity index (χ0n) is 10.5. The van der Waals surface area contributed by atoms with Crippen molar-refractivity contribution in [3.63, 3.8) is 0 Å². The number of aromatic nitrogens is 4. The normalized spacial score (nSPS) is 19.9. The van der Waals surface area contributed by atoms with Crippen molar-refractivity contribution in [3.05, 3.63) is 18.2 Å². The fourth-order valence-electron chi connectivity index (χ4n) is 2.59. The average Bonchev–Trinajstić information content (AvgIpc) is 2.98. The van der Waals surface area contributed by atoms with Crippen molar-refractivity contribution in [1.82, 2.24) is 19.6 Å². The van der Waals surface area contributed by atoms with Crippen LogP contribution in [-0.4, -0.2) is 44.4 Å². The van der Waals surface area contributed by atoms with Crippen LogP contribution in [0.4, 0.5) is 5.82 Å². The molecule has 0 aliphatic carbocycles. The summed E-state index contributed by atoms with van der Waals surface area (Å²) in [5.74, 6) is 2.33. The third-order valence-corrected chi connectivity index (χ3v) is 3.60. The van der Waals surface area contributed by atoms with Gasteiger partial charge in [0.15, 0.2) is 5.82 Å². The Bertz CT molecular complexity index is 552. The predicted octanol–water partition coefficient (Wildman–Crippen LogP) is 0.641. The molecule has 1 aliphatic heterocycles. The van der Waals surface area contributed by atoms with Crippen LogP contribution in [0.15, 0.2) is 12.4 Å². The van der Waals surface area contributed by atoms with Gasteiger partial charge >= 0.3 is 0 Å². The second-order valence-corrected chi connectivity index (χ2v) is 4.80. The van der Waals surface area contributed by atoms with Gasteiger partial charge in [-0.1, -0.05) is 0 Å². The molecule has 18 heavy (non-hydrogen) atoms. The summed E-state index contributed by atoms with van der Waals surface area (Å²) in [6.07, 6.45) is 5.65. The van der Waals surface area contributed by atoms with E-state index in [-0.39, 0.29) is 6.61 Å². The van der Waals surface area contributed by atoms with Crippen LogP contribution in [-0.2, 0) is 0 Å². The number of fused-ring (bicyclic) bond motifs is 1. The van der Waals surface area contributed by atoms with E-state index in [0.29, 0.717) is 5.92 Å². The van der Waals surface area contributed by atoms with Crippen molar-refractivity contribution >= 4 is 11.5 Å². The molecule has 1 saturated heterocycles. The highest BCUT2D eigenvalue weighted by atomic mass is 16.3. The first-order chi connectivity index (χ1) is 8.79. The molecule has 3 rings (SSSR count). The van der Waals surface area contributed by atoms with Crippen LogP contribution < -0.4 is 4.90 Å². The molecule has 0 radical (unpaired) electrons. The maximum absolute atomic E-state index is 9.00. The van der Waals surface area contributed by atoms with Crippen LogP contribution in [0.5, 0.6) is 0 Å². The Balaban J connectivity index is 1.91. The van der Waals surface area contributed by atoms with Gasteiger partial charge in [-0.3, -0.25) is 4.40 Å². The predicted molar refractivity (Wildman–Crippen MR) is 67.5 cm³/mol. The third kappa shape index (κ3) is 1.82. The second kappa shape index (κ2) is 4.53. The first-order valence-electron chi connectivity index (χ1n) is 6.31. The Kier molecular flexibility index (Phi) is 2.87. The number of hydrogen-bond acceptors (Lipinski definition) is 5. The highest BCUT2D eigenvalue weighted by Gasteiger charge is 2.25. The molecule has 2 aromatic heterocycles. The Hall–Kier alpha value is -1.69. The van der Waals surface area contributed by atoms with E-state index in [9.17, 15) is 0 Å². The van der Waals surface area contributed by atoms with Crippen LogP contribution in [0.2, 0.25) is 0 Å². The van der Waals surface area contributed by atoms with Crippen molar-refractivity contribution in [2.75, 3.05) is 24.6 Å². The number of aliphatic hydroxyl groups excluding tert-OH is 1. The number of nitrogens with zero attached hydrogens (tertiary/aromatic N) is 5. The molecule has 0 saturated carbocycles. The number of anilines is 1. The summed E-state index contributed by atoms with van der Waals surface area (Å²) in [7, 11) is 0. The molecule has 2 aromatic rings. The summed E-state index contributed by atoms with van der Waals surface area (Å²) in [5.41, 5.74) is 0.819. The molecular formula is C12H17N5O. The zero-order valence-corrected chi connectivity index (χ0v) is 10.5. The maximum Gasteiger partial charge on any atom is 0.203 e. The molecule has 3 heterocycles. The van der Waals surface area contributed by atoms with Crippen LogP contribution in [0.25, 0.3) is 5.65 Å². The standard InChI is InChI=1S/C12H17N5O/c1-9-14-15-12-11(13-4-6-17(9)12)16-5-2-10(8-16)3-7-18/h4,6,10,18H,2-3,5,7-8H2,1H3. The molecule has 6 nitrogen and oxygen atoms in total. The van der Waals surface area contributed by atoms with Gasteiger partial charge in [0.25, 0.3) is 0 Å². The number of aliphatic hydroxyl groups is 1. The second-order valence-electron chi connectivity index (χ2n) is 4.80. The van der Waals surface area contributed by atoms with Gasteiger partial charge < -0.3 is 10.0 Å². The quantitative estimate of drug-likeness (QED) is 0.862. The van der Waals surface area contributed by atoms with Gasteiger partial charge in [-0.15, -0.1) is 10.2 Å². The molecule has 0 bridgehead atoms. The minimum atomic E-state index is 0.264. The summed E-state index contributed by atoms with van der Waals surface area (Å²) in [6.45, 7) is 4.12. The third-order valence-electron chi connectivity index (χ3n) is 3.60. The van der Waals surface area contributed by atoms with Gasteiger partial charge in [0, 0.05) is 32.1 Å². The van der Waals surface area contributed by atoms with Crippen molar-refractivity contribution in [1.29, 1.82) is 0 Å². The van der Waals surface area contributed by atoms with Gasteiger partial charge in [0.1, 0.15) is 5.82 Å². The number of aryl methyl sites for hydroxylation is 1. The highest BCUT2D eigenvalue weighted by molar-refractivity contribution is 5.64. The van der Waals surface area contributed by atoms with Crippen LogP contribution in [0.3, 0.4) is 0 Å². The van der Waals surface area contributed by atoms with E-state index in [0.717, 1.165) is 43.2 Å². The number of rotatable bonds is 3. The molecule has 96 valence electrons. The zero-order chi connectivity index (χ0) is 12.5. The van der Waals surface area contributed by atoms with E-state index in [1.165, 1.54) is 0 Å².